The highest BCUT2D eigenvalue weighted by Crippen LogP contribution is 2.23. The normalized spacial score (nSPS) is 17.3. The summed E-state index contributed by atoms with van der Waals surface area (Å²) >= 11 is 0. The van der Waals surface area contributed by atoms with Crippen LogP contribution in [0.5, 0.6) is 0 Å². The molecule has 1 aliphatic rings. The van der Waals surface area contributed by atoms with E-state index in [4.69, 9.17) is 0 Å². The number of rotatable bonds is 5. The lowest BCUT2D eigenvalue weighted by Gasteiger charge is -2.36. The first-order chi connectivity index (χ1) is 13.0. The van der Waals surface area contributed by atoms with Gasteiger partial charge in [-0.1, -0.05) is 18.2 Å². The van der Waals surface area contributed by atoms with Crippen LogP contribution in [-0.2, 0) is 9.59 Å². The van der Waals surface area contributed by atoms with Crippen molar-refractivity contribution in [2.45, 2.75) is 13.0 Å². The zero-order valence-corrected chi connectivity index (χ0v) is 15.2. The molecule has 2 aromatic rings. The minimum Gasteiger partial charge on any atom is -0.326 e. The number of carbonyl (C=O) groups is 2. The van der Waals surface area contributed by atoms with Crippen LogP contribution in [0.1, 0.15) is 18.5 Å². The van der Waals surface area contributed by atoms with Crippen LogP contribution < -0.4 is 16.0 Å². The van der Waals surface area contributed by atoms with Crippen LogP contribution in [0.2, 0.25) is 0 Å². The zero-order chi connectivity index (χ0) is 19.2. The minimum absolute atomic E-state index is 0.0640. The van der Waals surface area contributed by atoms with E-state index in [0.717, 1.165) is 12.1 Å². The van der Waals surface area contributed by atoms with E-state index >= 15 is 0 Å². The lowest BCUT2D eigenvalue weighted by atomic mass is 10.0. The Morgan fingerprint density at radius 1 is 1.15 bits per heavy atom. The van der Waals surface area contributed by atoms with Crippen molar-refractivity contribution in [1.82, 2.24) is 10.2 Å². The summed E-state index contributed by atoms with van der Waals surface area (Å²) in [5.74, 6) is -0.604. The van der Waals surface area contributed by atoms with Crippen molar-refractivity contribution in [3.05, 3.63) is 59.9 Å². The maximum atomic E-state index is 13.6. The molecular formula is C20H23FN4O2. The van der Waals surface area contributed by atoms with Gasteiger partial charge in [0.2, 0.25) is 11.8 Å². The Morgan fingerprint density at radius 2 is 1.89 bits per heavy atom. The van der Waals surface area contributed by atoms with E-state index in [-0.39, 0.29) is 30.2 Å². The fourth-order valence-electron chi connectivity index (χ4n) is 3.24. The lowest BCUT2D eigenvalue weighted by Crippen LogP contribution is -2.48. The summed E-state index contributed by atoms with van der Waals surface area (Å²) in [6, 6.07) is 13.4. The van der Waals surface area contributed by atoms with Gasteiger partial charge in [-0.05, 0) is 35.9 Å². The summed E-state index contributed by atoms with van der Waals surface area (Å²) in [6.45, 7) is 3.77. The second-order valence-electron chi connectivity index (χ2n) is 6.56. The number of piperazine rings is 1. The average Bonchev–Trinajstić information content (AvgIpc) is 2.62. The molecule has 142 valence electrons. The van der Waals surface area contributed by atoms with Crippen LogP contribution in [-0.4, -0.2) is 42.9 Å². The van der Waals surface area contributed by atoms with Gasteiger partial charge in [0.25, 0.3) is 0 Å². The third-order valence-electron chi connectivity index (χ3n) is 4.40. The molecular weight excluding hydrogens is 347 g/mol. The predicted molar refractivity (Wildman–Crippen MR) is 103 cm³/mol. The number of nitrogens with one attached hydrogen (secondary N) is 3. The summed E-state index contributed by atoms with van der Waals surface area (Å²) in [6.07, 6.45) is 0. The number of carbonyl (C=O) groups excluding carboxylic acids is 2. The van der Waals surface area contributed by atoms with Crippen molar-refractivity contribution in [1.29, 1.82) is 0 Å². The van der Waals surface area contributed by atoms with Crippen molar-refractivity contribution in [3.63, 3.8) is 0 Å². The summed E-state index contributed by atoms with van der Waals surface area (Å²) in [5.41, 5.74) is 2.09. The van der Waals surface area contributed by atoms with Crippen molar-refractivity contribution < 1.29 is 14.0 Å². The molecule has 1 unspecified atom stereocenters. The van der Waals surface area contributed by atoms with E-state index < -0.39 is 0 Å². The van der Waals surface area contributed by atoms with Gasteiger partial charge in [0.05, 0.1) is 6.54 Å². The molecule has 1 heterocycles. The molecule has 3 N–H and O–H groups in total. The molecule has 27 heavy (non-hydrogen) atoms. The van der Waals surface area contributed by atoms with E-state index in [2.05, 4.69) is 16.0 Å². The highest BCUT2D eigenvalue weighted by atomic mass is 19.1. The average molecular weight is 370 g/mol. The van der Waals surface area contributed by atoms with Crippen molar-refractivity contribution >= 4 is 23.2 Å². The van der Waals surface area contributed by atoms with Gasteiger partial charge < -0.3 is 16.0 Å². The number of hydrogen-bond donors (Lipinski definition) is 3. The Kier molecular flexibility index (Phi) is 6.16. The summed E-state index contributed by atoms with van der Waals surface area (Å²) < 4.78 is 13.6. The molecule has 0 saturated carbocycles. The summed E-state index contributed by atoms with van der Waals surface area (Å²) in [5, 5.41) is 8.84. The van der Waals surface area contributed by atoms with Gasteiger partial charge in [-0.2, -0.15) is 0 Å². The molecule has 0 aromatic heterocycles. The molecule has 7 heteroatoms. The second kappa shape index (κ2) is 8.75. The third kappa shape index (κ3) is 5.35. The number of halogens is 1. The molecule has 0 aliphatic carbocycles. The quantitative estimate of drug-likeness (QED) is 0.756. The van der Waals surface area contributed by atoms with E-state index in [0.29, 0.717) is 24.5 Å². The molecule has 0 bridgehead atoms. The van der Waals surface area contributed by atoms with Crippen molar-refractivity contribution in [2.75, 3.05) is 36.8 Å². The van der Waals surface area contributed by atoms with E-state index in [1.165, 1.54) is 19.1 Å². The standard InChI is InChI=1S/C20H23FN4O2/c1-14(26)23-17-6-3-7-18(11-17)24-20(27)13-25-9-8-22-12-19(25)15-4-2-5-16(21)10-15/h2-7,10-11,19,22H,8-9,12-13H2,1H3,(H,23,26)(H,24,27). The highest BCUT2D eigenvalue weighted by molar-refractivity contribution is 5.94. The summed E-state index contributed by atoms with van der Waals surface area (Å²) in [4.78, 5) is 25.7. The molecule has 1 aliphatic heterocycles. The Morgan fingerprint density at radius 3 is 2.63 bits per heavy atom. The molecule has 6 nitrogen and oxygen atoms in total. The maximum Gasteiger partial charge on any atom is 0.238 e. The lowest BCUT2D eigenvalue weighted by molar-refractivity contribution is -0.118. The van der Waals surface area contributed by atoms with Gasteiger partial charge in [-0.3, -0.25) is 14.5 Å². The number of hydrogen-bond acceptors (Lipinski definition) is 4. The van der Waals surface area contributed by atoms with Gasteiger partial charge in [-0.15, -0.1) is 0 Å². The first-order valence-corrected chi connectivity index (χ1v) is 8.89. The molecule has 3 rings (SSSR count). The number of amides is 2. The monoisotopic (exact) mass is 370 g/mol. The molecule has 1 atom stereocenters. The van der Waals surface area contributed by atoms with Crippen molar-refractivity contribution in [3.8, 4) is 0 Å². The molecule has 0 radical (unpaired) electrons. The molecule has 1 saturated heterocycles. The largest absolute Gasteiger partial charge is 0.326 e. The van der Waals surface area contributed by atoms with E-state index in [1.807, 2.05) is 11.0 Å². The van der Waals surface area contributed by atoms with E-state index in [1.54, 1.807) is 30.3 Å². The second-order valence-corrected chi connectivity index (χ2v) is 6.56. The first kappa shape index (κ1) is 19.0. The molecule has 0 spiro atoms. The van der Waals surface area contributed by atoms with Crippen LogP contribution in [0.15, 0.2) is 48.5 Å². The topological polar surface area (TPSA) is 73.5 Å². The number of benzene rings is 2. The van der Waals surface area contributed by atoms with Gasteiger partial charge >= 0.3 is 0 Å². The zero-order valence-electron chi connectivity index (χ0n) is 15.2. The van der Waals surface area contributed by atoms with Crippen LogP contribution in [0, 0.1) is 5.82 Å². The Labute approximate surface area is 157 Å². The first-order valence-electron chi connectivity index (χ1n) is 8.89. The van der Waals surface area contributed by atoms with Gasteiger partial charge in [0, 0.05) is 44.0 Å². The van der Waals surface area contributed by atoms with Crippen LogP contribution in [0.3, 0.4) is 0 Å². The fourth-order valence-corrected chi connectivity index (χ4v) is 3.24. The smallest absolute Gasteiger partial charge is 0.238 e. The molecule has 2 aromatic carbocycles. The number of nitrogens with zero attached hydrogens (tertiary/aromatic N) is 1. The Balaban J connectivity index is 1.66. The number of anilines is 2. The third-order valence-corrected chi connectivity index (χ3v) is 4.40. The van der Waals surface area contributed by atoms with Gasteiger partial charge in [0.1, 0.15) is 5.82 Å². The Bertz CT molecular complexity index is 827. The highest BCUT2D eigenvalue weighted by Gasteiger charge is 2.25. The SMILES string of the molecule is CC(=O)Nc1cccc(NC(=O)CN2CCNCC2c2cccc(F)c2)c1. The van der Waals surface area contributed by atoms with Gasteiger partial charge in [0.15, 0.2) is 0 Å². The minimum atomic E-state index is -0.280. The maximum absolute atomic E-state index is 13.6. The van der Waals surface area contributed by atoms with Crippen molar-refractivity contribution in [2.24, 2.45) is 0 Å². The van der Waals surface area contributed by atoms with Gasteiger partial charge in [-0.25, -0.2) is 4.39 Å². The van der Waals surface area contributed by atoms with Crippen LogP contribution in [0.4, 0.5) is 15.8 Å². The summed E-state index contributed by atoms with van der Waals surface area (Å²) in [7, 11) is 0. The predicted octanol–water partition coefficient (Wildman–Crippen LogP) is 2.37. The van der Waals surface area contributed by atoms with E-state index in [9.17, 15) is 14.0 Å². The molecule has 1 fully saturated rings. The van der Waals surface area contributed by atoms with Crippen LogP contribution in [0.25, 0.3) is 0 Å². The fraction of sp³-hybridized carbons (Fsp3) is 0.300. The Hall–Kier alpha value is -2.77. The van der Waals surface area contributed by atoms with Crippen LogP contribution >= 0.6 is 0 Å². The molecule has 2 amide bonds.